The van der Waals surface area contributed by atoms with Crippen LogP contribution in [0.2, 0.25) is 0 Å². The van der Waals surface area contributed by atoms with Crippen molar-refractivity contribution < 1.29 is 0 Å². The number of rotatable bonds is 4. The molecule has 1 aromatic heterocycles. The molecule has 0 radical (unpaired) electrons. The standard InChI is InChI=1S/C52H35N3/c1-52(2)46-25-12-11-23-43(46)48-42-22-10-9-21-41(42)45(31-47(48)52)51-54-49(34-28-26-33(27-29-34)37-24-13-16-32-14-3-5-17-36(32)37)53-50(55-51)44-30-35-15-4-6-18-38(35)39-19-7-8-20-40(39)44/h3-31H,1-2H3. The molecule has 258 valence electrons. The van der Waals surface area contributed by atoms with Gasteiger partial charge in [0.1, 0.15) is 0 Å². The van der Waals surface area contributed by atoms with E-state index < -0.39 is 0 Å². The van der Waals surface area contributed by atoms with Gasteiger partial charge in [0.2, 0.25) is 0 Å². The molecule has 0 amide bonds. The van der Waals surface area contributed by atoms with Crippen LogP contribution >= 0.6 is 0 Å². The highest BCUT2D eigenvalue weighted by Crippen LogP contribution is 2.53. The molecule has 3 heteroatoms. The van der Waals surface area contributed by atoms with Crippen LogP contribution in [0.15, 0.2) is 176 Å². The molecule has 11 rings (SSSR count). The van der Waals surface area contributed by atoms with Crippen LogP contribution in [0.3, 0.4) is 0 Å². The zero-order valence-corrected chi connectivity index (χ0v) is 30.6. The third-order valence-corrected chi connectivity index (χ3v) is 11.7. The monoisotopic (exact) mass is 701 g/mol. The summed E-state index contributed by atoms with van der Waals surface area (Å²) in [6.45, 7) is 4.67. The molecule has 0 fully saturated rings. The van der Waals surface area contributed by atoms with Crippen LogP contribution in [0.4, 0.5) is 0 Å². The van der Waals surface area contributed by atoms with E-state index in [9.17, 15) is 0 Å². The molecule has 9 aromatic carbocycles. The maximum absolute atomic E-state index is 5.41. The Balaban J connectivity index is 1.17. The molecule has 3 nitrogen and oxygen atoms in total. The van der Waals surface area contributed by atoms with Crippen molar-refractivity contribution in [2.75, 3.05) is 0 Å². The van der Waals surface area contributed by atoms with E-state index in [0.717, 1.165) is 38.4 Å². The first kappa shape index (κ1) is 31.5. The van der Waals surface area contributed by atoms with Gasteiger partial charge in [0.15, 0.2) is 17.5 Å². The van der Waals surface area contributed by atoms with E-state index in [4.69, 9.17) is 15.0 Å². The van der Waals surface area contributed by atoms with E-state index in [1.165, 1.54) is 54.7 Å². The largest absolute Gasteiger partial charge is 0.208 e. The minimum Gasteiger partial charge on any atom is -0.208 e. The summed E-state index contributed by atoms with van der Waals surface area (Å²) in [7, 11) is 0. The lowest BCUT2D eigenvalue weighted by Gasteiger charge is -2.22. The topological polar surface area (TPSA) is 38.7 Å². The molecular formula is C52H35N3. The van der Waals surface area contributed by atoms with Gasteiger partial charge in [0.05, 0.1) is 0 Å². The second-order valence-corrected chi connectivity index (χ2v) is 15.2. The van der Waals surface area contributed by atoms with Gasteiger partial charge >= 0.3 is 0 Å². The quantitative estimate of drug-likeness (QED) is 0.171. The van der Waals surface area contributed by atoms with Crippen molar-refractivity contribution in [3.63, 3.8) is 0 Å². The summed E-state index contributed by atoms with van der Waals surface area (Å²) < 4.78 is 0. The molecule has 55 heavy (non-hydrogen) atoms. The lowest BCUT2D eigenvalue weighted by molar-refractivity contribution is 0.661. The van der Waals surface area contributed by atoms with Crippen LogP contribution in [0.5, 0.6) is 0 Å². The van der Waals surface area contributed by atoms with Crippen LogP contribution < -0.4 is 0 Å². The molecule has 0 aliphatic heterocycles. The Morgan fingerprint density at radius 3 is 1.60 bits per heavy atom. The fourth-order valence-corrected chi connectivity index (χ4v) is 9.00. The van der Waals surface area contributed by atoms with Gasteiger partial charge in [-0.3, -0.25) is 0 Å². The van der Waals surface area contributed by atoms with Crippen molar-refractivity contribution in [2.45, 2.75) is 19.3 Å². The highest BCUT2D eigenvalue weighted by atomic mass is 15.0. The Bertz CT molecular complexity index is 3170. The summed E-state index contributed by atoms with van der Waals surface area (Å²) in [5.74, 6) is 1.97. The van der Waals surface area contributed by atoms with Crippen molar-refractivity contribution in [3.8, 4) is 56.4 Å². The van der Waals surface area contributed by atoms with Gasteiger partial charge < -0.3 is 0 Å². The van der Waals surface area contributed by atoms with Crippen molar-refractivity contribution in [3.05, 3.63) is 187 Å². The predicted molar refractivity (Wildman–Crippen MR) is 229 cm³/mol. The van der Waals surface area contributed by atoms with Crippen molar-refractivity contribution in [2.24, 2.45) is 0 Å². The summed E-state index contributed by atoms with van der Waals surface area (Å²) in [5, 5.41) is 9.48. The van der Waals surface area contributed by atoms with Crippen LogP contribution in [0, 0.1) is 0 Å². The molecular weight excluding hydrogens is 667 g/mol. The molecule has 1 heterocycles. The lowest BCUT2D eigenvalue weighted by atomic mass is 9.81. The van der Waals surface area contributed by atoms with E-state index in [0.29, 0.717) is 17.5 Å². The fourth-order valence-electron chi connectivity index (χ4n) is 9.00. The first-order valence-electron chi connectivity index (χ1n) is 18.9. The maximum atomic E-state index is 5.41. The molecule has 0 unspecified atom stereocenters. The van der Waals surface area contributed by atoms with Crippen LogP contribution in [0.25, 0.3) is 99.5 Å². The van der Waals surface area contributed by atoms with E-state index >= 15 is 0 Å². The van der Waals surface area contributed by atoms with Gasteiger partial charge in [0.25, 0.3) is 0 Å². The molecule has 0 atom stereocenters. The maximum Gasteiger partial charge on any atom is 0.164 e. The van der Waals surface area contributed by atoms with E-state index in [2.05, 4.69) is 190 Å². The number of benzene rings is 9. The summed E-state index contributed by atoms with van der Waals surface area (Å²) in [5.41, 5.74) is 10.4. The van der Waals surface area contributed by atoms with E-state index in [1.54, 1.807) is 0 Å². The fraction of sp³-hybridized carbons (Fsp3) is 0.0577. The van der Waals surface area contributed by atoms with Gasteiger partial charge in [-0.2, -0.15) is 0 Å². The zero-order chi connectivity index (χ0) is 36.7. The molecule has 0 spiro atoms. The zero-order valence-electron chi connectivity index (χ0n) is 30.6. The molecule has 1 aliphatic rings. The third kappa shape index (κ3) is 4.86. The Morgan fingerprint density at radius 2 is 0.836 bits per heavy atom. The number of hydrogen-bond acceptors (Lipinski definition) is 3. The second kappa shape index (κ2) is 12.0. The second-order valence-electron chi connectivity index (χ2n) is 15.2. The minimum atomic E-state index is -0.185. The average Bonchev–Trinajstić information content (AvgIpc) is 3.48. The van der Waals surface area contributed by atoms with Crippen molar-refractivity contribution in [1.29, 1.82) is 0 Å². The summed E-state index contributed by atoms with van der Waals surface area (Å²) in [6, 6.07) is 63.1. The summed E-state index contributed by atoms with van der Waals surface area (Å²) in [4.78, 5) is 16.1. The lowest BCUT2D eigenvalue weighted by Crippen LogP contribution is -2.15. The first-order chi connectivity index (χ1) is 27.0. The Hall–Kier alpha value is -6.97. The van der Waals surface area contributed by atoms with E-state index in [-0.39, 0.29) is 5.41 Å². The normalized spacial score (nSPS) is 13.1. The highest BCUT2D eigenvalue weighted by Gasteiger charge is 2.37. The number of fused-ring (bicyclic) bond motifs is 9. The minimum absolute atomic E-state index is 0.185. The number of nitrogens with zero attached hydrogens (tertiary/aromatic N) is 3. The van der Waals surface area contributed by atoms with Gasteiger partial charge in [0, 0.05) is 22.1 Å². The Kier molecular flexibility index (Phi) is 6.90. The van der Waals surface area contributed by atoms with Gasteiger partial charge in [-0.15, -0.1) is 0 Å². The average molecular weight is 702 g/mol. The van der Waals surface area contributed by atoms with Crippen LogP contribution in [0.1, 0.15) is 25.0 Å². The summed E-state index contributed by atoms with van der Waals surface area (Å²) in [6.07, 6.45) is 0. The van der Waals surface area contributed by atoms with Crippen molar-refractivity contribution >= 4 is 43.1 Å². The SMILES string of the molecule is CC1(C)c2ccccc2-c2c1cc(-c1nc(-c3ccc(-c4cccc5ccccc45)cc3)nc(-c3cc4ccccc4c4ccccc34)n1)c1ccccc21. The third-order valence-electron chi connectivity index (χ3n) is 11.7. The smallest absolute Gasteiger partial charge is 0.164 e. The number of hydrogen-bond donors (Lipinski definition) is 0. The number of aromatic nitrogens is 3. The Morgan fingerprint density at radius 1 is 0.327 bits per heavy atom. The first-order valence-corrected chi connectivity index (χ1v) is 18.9. The van der Waals surface area contributed by atoms with Gasteiger partial charge in [-0.05, 0) is 88.6 Å². The molecule has 10 aromatic rings. The van der Waals surface area contributed by atoms with Gasteiger partial charge in [-0.25, -0.2) is 15.0 Å². The van der Waals surface area contributed by atoms with Crippen LogP contribution in [-0.2, 0) is 5.41 Å². The molecule has 0 bridgehead atoms. The highest BCUT2D eigenvalue weighted by molar-refractivity contribution is 6.13. The molecule has 0 N–H and O–H groups in total. The van der Waals surface area contributed by atoms with Gasteiger partial charge in [-0.1, -0.05) is 178 Å². The molecule has 1 aliphatic carbocycles. The summed E-state index contributed by atoms with van der Waals surface area (Å²) >= 11 is 0. The Labute approximate surface area is 319 Å². The van der Waals surface area contributed by atoms with Crippen LogP contribution in [-0.4, -0.2) is 15.0 Å². The molecule has 0 saturated carbocycles. The molecule has 0 saturated heterocycles. The van der Waals surface area contributed by atoms with E-state index in [1.807, 2.05) is 0 Å². The predicted octanol–water partition coefficient (Wildman–Crippen LogP) is 13.5. The van der Waals surface area contributed by atoms with Crippen molar-refractivity contribution in [1.82, 2.24) is 15.0 Å².